The van der Waals surface area contributed by atoms with Crippen LogP contribution < -0.4 is 64.2 Å². The molecule has 0 heterocycles. The summed E-state index contributed by atoms with van der Waals surface area (Å²) in [5.41, 5.74) is 0. The van der Waals surface area contributed by atoms with Gasteiger partial charge in [-0.25, -0.2) is 0 Å². The van der Waals surface area contributed by atoms with Crippen LogP contribution in [-0.2, 0) is 4.79 Å². The van der Waals surface area contributed by atoms with Crippen LogP contribution in [0.15, 0.2) is 0 Å². The zero-order valence-electron chi connectivity index (χ0n) is 6.98. The van der Waals surface area contributed by atoms with E-state index in [2.05, 4.69) is 15.9 Å². The monoisotopic (exact) mass is 212 g/mol. The predicted molar refractivity (Wildman–Crippen MR) is 29.1 cm³/mol. The second-order valence-electron chi connectivity index (χ2n) is 1.19. The Balaban J connectivity index is -0.0000000600. The maximum atomic E-state index is 9.77. The van der Waals surface area contributed by atoms with Crippen molar-refractivity contribution < 1.29 is 70.4 Å². The number of carboxylic acids is 1. The Morgan fingerprint density at radius 2 is 2.11 bits per heavy atom. The van der Waals surface area contributed by atoms with Gasteiger partial charge in [-0.15, -0.1) is 0 Å². The maximum Gasteiger partial charge on any atom is 1.00 e. The molecule has 2 nitrogen and oxygen atoms in total. The number of carbonyl (C=O) groups excluding carboxylic acids is 1. The number of carboxylic acid groups (broad SMARTS) is 1. The average molecular weight is 213 g/mol. The van der Waals surface area contributed by atoms with Crippen LogP contribution in [-0.4, -0.2) is 10.8 Å². The van der Waals surface area contributed by atoms with E-state index >= 15 is 0 Å². The molecule has 1 unspecified atom stereocenters. The van der Waals surface area contributed by atoms with Crippen molar-refractivity contribution in [3.63, 3.8) is 0 Å². The molecule has 0 aliphatic rings. The van der Waals surface area contributed by atoms with Crippen LogP contribution in [0.1, 0.15) is 14.8 Å². The number of alkyl halides is 1. The molecule has 1 atom stereocenters. The molecule has 44 valence electrons. The molecule has 0 bridgehead atoms. The van der Waals surface area contributed by atoms with Crippen molar-refractivity contribution >= 4 is 21.9 Å². The van der Waals surface area contributed by atoms with Crippen molar-refractivity contribution in [2.45, 2.75) is 18.2 Å². The largest absolute Gasteiger partial charge is 1.00 e. The van der Waals surface area contributed by atoms with Gasteiger partial charge in [0.25, 0.3) is 0 Å². The molecule has 0 radical (unpaired) electrons. The first-order valence-corrected chi connectivity index (χ1v) is 2.95. The van der Waals surface area contributed by atoms with Gasteiger partial charge >= 0.3 is 59.1 Å². The zero-order chi connectivity index (χ0) is 5.86. The zero-order valence-corrected chi connectivity index (χ0v) is 11.6. The second kappa shape index (κ2) is 9.95. The van der Waals surface area contributed by atoms with Crippen LogP contribution >= 0.6 is 15.9 Å². The third-order valence-electron chi connectivity index (χ3n) is 0.614. The van der Waals surface area contributed by atoms with Crippen LogP contribution in [0, 0.1) is 0 Å². The normalized spacial score (nSPS) is 10.4. The van der Waals surface area contributed by atoms with E-state index in [0.717, 1.165) is 0 Å². The number of carbonyl (C=O) groups is 1. The molecule has 0 N–H and O–H groups in total. The van der Waals surface area contributed by atoms with Gasteiger partial charge in [-0.1, -0.05) is 22.9 Å². The van der Waals surface area contributed by atoms with Crippen molar-refractivity contribution in [2.75, 3.05) is 0 Å². The van der Waals surface area contributed by atoms with Gasteiger partial charge in [0, 0.05) is 0 Å². The standard InChI is InChI=1S/C4H7BrO2.2Na.H/c1-2-3(5)4(6)7;;;/h3H,2H2,1H3,(H,6,7);;;/q;2*+1;-1/p-1. The Labute approximate surface area is 109 Å². The molecular formula is C4H7BrNa2O2. The molecule has 9 heavy (non-hydrogen) atoms. The van der Waals surface area contributed by atoms with Gasteiger partial charge in [0.15, 0.2) is 0 Å². The molecule has 0 aromatic rings. The Morgan fingerprint density at radius 1 is 1.78 bits per heavy atom. The van der Waals surface area contributed by atoms with Gasteiger partial charge in [0.2, 0.25) is 0 Å². The van der Waals surface area contributed by atoms with E-state index in [1.807, 2.05) is 0 Å². The minimum atomic E-state index is -1.04. The summed E-state index contributed by atoms with van der Waals surface area (Å²) in [6, 6.07) is 0. The van der Waals surface area contributed by atoms with E-state index in [1.54, 1.807) is 6.92 Å². The summed E-state index contributed by atoms with van der Waals surface area (Å²) in [6.07, 6.45) is 0.572. The number of aliphatic carboxylic acids is 1. The Kier molecular flexibility index (Phi) is 19.0. The first kappa shape index (κ1) is 17.2. The van der Waals surface area contributed by atoms with E-state index in [1.165, 1.54) is 0 Å². The first-order valence-electron chi connectivity index (χ1n) is 2.03. The number of rotatable bonds is 2. The average Bonchev–Trinajstić information content (AvgIpc) is 1.65. The fourth-order valence-electron chi connectivity index (χ4n) is 0.167. The SMILES string of the molecule is CCC(Br)C(=O)[O-].[H-].[Na+].[Na+]. The van der Waals surface area contributed by atoms with Crippen LogP contribution in [0.4, 0.5) is 0 Å². The molecule has 0 aromatic carbocycles. The molecule has 0 spiro atoms. The molecule has 0 fully saturated rings. The summed E-state index contributed by atoms with van der Waals surface area (Å²) < 4.78 is 0. The predicted octanol–water partition coefficient (Wildman–Crippen LogP) is -5.97. The molecular weight excluding hydrogens is 206 g/mol. The first-order chi connectivity index (χ1) is 3.18. The topological polar surface area (TPSA) is 40.1 Å². The third-order valence-corrected chi connectivity index (χ3v) is 1.64. The molecule has 0 aromatic heterocycles. The molecule has 0 aliphatic heterocycles. The van der Waals surface area contributed by atoms with Crippen molar-refractivity contribution in [1.29, 1.82) is 0 Å². The Hall–Kier alpha value is 1.95. The molecule has 0 saturated heterocycles. The smallest absolute Gasteiger partial charge is 1.00 e. The van der Waals surface area contributed by atoms with Crippen molar-refractivity contribution in [3.8, 4) is 0 Å². The minimum absolute atomic E-state index is 0. The molecule has 0 aliphatic carbocycles. The van der Waals surface area contributed by atoms with E-state index < -0.39 is 10.8 Å². The quantitative estimate of drug-likeness (QED) is 0.338. The minimum Gasteiger partial charge on any atom is -1.00 e. The number of hydrogen-bond acceptors (Lipinski definition) is 2. The van der Waals surface area contributed by atoms with Gasteiger partial charge in [-0.05, 0) is 6.42 Å². The summed E-state index contributed by atoms with van der Waals surface area (Å²) in [5.74, 6) is -1.04. The number of hydrogen-bond donors (Lipinski definition) is 0. The van der Waals surface area contributed by atoms with E-state index in [4.69, 9.17) is 0 Å². The summed E-state index contributed by atoms with van der Waals surface area (Å²) >= 11 is 2.88. The van der Waals surface area contributed by atoms with E-state index in [9.17, 15) is 9.90 Å². The van der Waals surface area contributed by atoms with E-state index in [-0.39, 0.29) is 60.5 Å². The van der Waals surface area contributed by atoms with E-state index in [0.29, 0.717) is 6.42 Å². The van der Waals surface area contributed by atoms with Gasteiger partial charge in [0.05, 0.1) is 10.8 Å². The Morgan fingerprint density at radius 3 is 2.11 bits per heavy atom. The van der Waals surface area contributed by atoms with Crippen molar-refractivity contribution in [1.82, 2.24) is 0 Å². The van der Waals surface area contributed by atoms with Gasteiger partial charge in [-0.2, -0.15) is 0 Å². The molecule has 0 saturated carbocycles. The van der Waals surface area contributed by atoms with Gasteiger partial charge in [0.1, 0.15) is 0 Å². The van der Waals surface area contributed by atoms with Gasteiger partial charge in [-0.3, -0.25) is 0 Å². The summed E-state index contributed by atoms with van der Waals surface area (Å²) in [4.78, 5) is 9.29. The van der Waals surface area contributed by atoms with Crippen molar-refractivity contribution in [2.24, 2.45) is 0 Å². The second-order valence-corrected chi connectivity index (χ2v) is 2.30. The number of halogens is 1. The summed E-state index contributed by atoms with van der Waals surface area (Å²) in [6.45, 7) is 1.77. The van der Waals surface area contributed by atoms with Crippen LogP contribution in [0.3, 0.4) is 0 Å². The fourth-order valence-corrected chi connectivity index (χ4v) is 0.167. The fraction of sp³-hybridized carbons (Fsp3) is 0.750. The Bertz CT molecular complexity index is 83.7. The molecule has 0 amide bonds. The van der Waals surface area contributed by atoms with Crippen LogP contribution in [0.5, 0.6) is 0 Å². The summed E-state index contributed by atoms with van der Waals surface area (Å²) in [5, 5.41) is 9.77. The van der Waals surface area contributed by atoms with Crippen molar-refractivity contribution in [3.05, 3.63) is 0 Å². The molecule has 0 rings (SSSR count). The third kappa shape index (κ3) is 9.95. The van der Waals surface area contributed by atoms with Gasteiger partial charge < -0.3 is 11.3 Å². The van der Waals surface area contributed by atoms with Crippen LogP contribution in [0.2, 0.25) is 0 Å². The van der Waals surface area contributed by atoms with Crippen LogP contribution in [0.25, 0.3) is 0 Å². The maximum absolute atomic E-state index is 9.77. The summed E-state index contributed by atoms with van der Waals surface area (Å²) in [7, 11) is 0. The molecule has 5 heteroatoms.